The van der Waals surface area contributed by atoms with Crippen LogP contribution in [0, 0.1) is 0 Å². The highest BCUT2D eigenvalue weighted by Gasteiger charge is 2.28. The Morgan fingerprint density at radius 3 is 2.85 bits per heavy atom. The third-order valence-electron chi connectivity index (χ3n) is 4.10. The number of benzene rings is 1. The number of nitrogens with two attached hydrogens (primary N) is 1. The SMILES string of the molecule is NC1CCCCC1NS(=O)(=O)c1ccc2c(c1)CCO2. The summed E-state index contributed by atoms with van der Waals surface area (Å²) in [4.78, 5) is 0.305. The molecule has 0 aromatic heterocycles. The van der Waals surface area contributed by atoms with Crippen LogP contribution in [0.2, 0.25) is 0 Å². The van der Waals surface area contributed by atoms with Crippen LogP contribution in [0.15, 0.2) is 23.1 Å². The van der Waals surface area contributed by atoms with Crippen molar-refractivity contribution in [3.63, 3.8) is 0 Å². The van der Waals surface area contributed by atoms with Crippen molar-refractivity contribution in [2.75, 3.05) is 6.61 Å². The summed E-state index contributed by atoms with van der Waals surface area (Å²) in [6, 6.07) is 4.80. The molecular formula is C14H20N2O3S. The van der Waals surface area contributed by atoms with E-state index in [0.29, 0.717) is 11.5 Å². The highest BCUT2D eigenvalue weighted by atomic mass is 32.2. The predicted molar refractivity (Wildman–Crippen MR) is 76.2 cm³/mol. The van der Waals surface area contributed by atoms with Crippen LogP contribution in [0.3, 0.4) is 0 Å². The Labute approximate surface area is 119 Å². The number of hydrogen-bond donors (Lipinski definition) is 2. The van der Waals surface area contributed by atoms with E-state index in [0.717, 1.165) is 43.4 Å². The molecule has 1 saturated carbocycles. The molecule has 5 nitrogen and oxygen atoms in total. The lowest BCUT2D eigenvalue weighted by molar-refractivity contribution is 0.356. The molecule has 0 bridgehead atoms. The van der Waals surface area contributed by atoms with Crippen LogP contribution in [-0.4, -0.2) is 27.1 Å². The summed E-state index contributed by atoms with van der Waals surface area (Å²) in [5, 5.41) is 0. The van der Waals surface area contributed by atoms with Crippen LogP contribution >= 0.6 is 0 Å². The molecule has 2 aliphatic rings. The zero-order valence-corrected chi connectivity index (χ0v) is 12.2. The zero-order valence-electron chi connectivity index (χ0n) is 11.3. The van der Waals surface area contributed by atoms with Crippen LogP contribution < -0.4 is 15.2 Å². The second kappa shape index (κ2) is 5.35. The molecule has 110 valence electrons. The van der Waals surface area contributed by atoms with E-state index in [2.05, 4.69) is 4.72 Å². The summed E-state index contributed by atoms with van der Waals surface area (Å²) in [6.45, 7) is 0.625. The van der Waals surface area contributed by atoms with Crippen molar-refractivity contribution in [1.82, 2.24) is 4.72 Å². The number of rotatable bonds is 3. The molecule has 0 amide bonds. The Bertz CT molecular complexity index is 600. The summed E-state index contributed by atoms with van der Waals surface area (Å²) in [5.74, 6) is 0.790. The molecule has 1 heterocycles. The van der Waals surface area contributed by atoms with E-state index in [4.69, 9.17) is 10.5 Å². The maximum atomic E-state index is 12.4. The summed E-state index contributed by atoms with van der Waals surface area (Å²) >= 11 is 0. The average Bonchev–Trinajstić information content (AvgIpc) is 2.88. The van der Waals surface area contributed by atoms with Crippen LogP contribution in [-0.2, 0) is 16.4 Å². The van der Waals surface area contributed by atoms with Crippen LogP contribution in [0.25, 0.3) is 0 Å². The summed E-state index contributed by atoms with van der Waals surface area (Å²) in [6.07, 6.45) is 4.57. The van der Waals surface area contributed by atoms with Crippen molar-refractivity contribution < 1.29 is 13.2 Å². The van der Waals surface area contributed by atoms with E-state index in [-0.39, 0.29) is 12.1 Å². The van der Waals surface area contributed by atoms with Gasteiger partial charge in [-0.1, -0.05) is 12.8 Å². The minimum Gasteiger partial charge on any atom is -0.493 e. The molecule has 1 aromatic rings. The van der Waals surface area contributed by atoms with E-state index in [9.17, 15) is 8.42 Å². The van der Waals surface area contributed by atoms with Gasteiger partial charge < -0.3 is 10.5 Å². The molecule has 2 atom stereocenters. The van der Waals surface area contributed by atoms with E-state index >= 15 is 0 Å². The highest BCUT2D eigenvalue weighted by molar-refractivity contribution is 7.89. The van der Waals surface area contributed by atoms with E-state index in [1.807, 2.05) is 0 Å². The first-order chi connectivity index (χ1) is 9.56. The quantitative estimate of drug-likeness (QED) is 0.877. The predicted octanol–water partition coefficient (Wildman–Crippen LogP) is 1.17. The molecule has 1 fully saturated rings. The highest BCUT2D eigenvalue weighted by Crippen LogP contribution is 2.28. The molecule has 6 heteroatoms. The van der Waals surface area contributed by atoms with Gasteiger partial charge in [0.2, 0.25) is 10.0 Å². The first-order valence-corrected chi connectivity index (χ1v) is 8.58. The second-order valence-corrected chi connectivity index (χ2v) is 7.26. The lowest BCUT2D eigenvalue weighted by Crippen LogP contribution is -2.49. The van der Waals surface area contributed by atoms with Crippen molar-refractivity contribution in [2.24, 2.45) is 5.73 Å². The third-order valence-corrected chi connectivity index (χ3v) is 5.58. The van der Waals surface area contributed by atoms with Gasteiger partial charge in [-0.25, -0.2) is 13.1 Å². The number of nitrogens with one attached hydrogen (secondary N) is 1. The molecule has 3 rings (SSSR count). The van der Waals surface area contributed by atoms with Crippen molar-refractivity contribution >= 4 is 10.0 Å². The largest absolute Gasteiger partial charge is 0.493 e. The smallest absolute Gasteiger partial charge is 0.240 e. The van der Waals surface area contributed by atoms with Gasteiger partial charge in [-0.3, -0.25) is 0 Å². The molecule has 2 unspecified atom stereocenters. The summed E-state index contributed by atoms with van der Waals surface area (Å²) in [5.41, 5.74) is 6.97. The van der Waals surface area contributed by atoms with Gasteiger partial charge in [0.1, 0.15) is 5.75 Å². The van der Waals surface area contributed by atoms with Gasteiger partial charge in [0, 0.05) is 18.5 Å². The summed E-state index contributed by atoms with van der Waals surface area (Å²) in [7, 11) is -3.50. The Morgan fingerprint density at radius 1 is 1.25 bits per heavy atom. The lowest BCUT2D eigenvalue weighted by atomic mass is 9.92. The van der Waals surface area contributed by atoms with E-state index in [1.54, 1.807) is 18.2 Å². The van der Waals surface area contributed by atoms with Gasteiger partial charge in [0.25, 0.3) is 0 Å². The van der Waals surface area contributed by atoms with Gasteiger partial charge in [-0.15, -0.1) is 0 Å². The van der Waals surface area contributed by atoms with Gasteiger partial charge in [0.05, 0.1) is 11.5 Å². The monoisotopic (exact) mass is 296 g/mol. The molecule has 0 spiro atoms. The average molecular weight is 296 g/mol. The standard InChI is InChI=1S/C14H20N2O3S/c15-12-3-1-2-4-13(12)16-20(17,18)11-5-6-14-10(9-11)7-8-19-14/h5-6,9,12-13,16H,1-4,7-8,15H2. The van der Waals surface area contributed by atoms with E-state index in [1.165, 1.54) is 0 Å². The molecule has 20 heavy (non-hydrogen) atoms. The van der Waals surface area contributed by atoms with Crippen LogP contribution in [0.1, 0.15) is 31.2 Å². The normalized spacial score (nSPS) is 26.1. The van der Waals surface area contributed by atoms with Gasteiger partial charge >= 0.3 is 0 Å². The first-order valence-electron chi connectivity index (χ1n) is 7.10. The molecule has 0 saturated heterocycles. The van der Waals surface area contributed by atoms with Crippen LogP contribution in [0.4, 0.5) is 0 Å². The van der Waals surface area contributed by atoms with Crippen molar-refractivity contribution in [3.8, 4) is 5.75 Å². The Kier molecular flexibility index (Phi) is 3.70. The molecule has 3 N–H and O–H groups in total. The number of sulfonamides is 1. The molecule has 1 aliphatic heterocycles. The fraction of sp³-hybridized carbons (Fsp3) is 0.571. The van der Waals surface area contributed by atoms with Gasteiger partial charge in [-0.2, -0.15) is 0 Å². The topological polar surface area (TPSA) is 81.4 Å². The fourth-order valence-corrected chi connectivity index (χ4v) is 4.28. The van der Waals surface area contributed by atoms with Crippen molar-refractivity contribution in [3.05, 3.63) is 23.8 Å². The maximum Gasteiger partial charge on any atom is 0.240 e. The van der Waals surface area contributed by atoms with Crippen LogP contribution in [0.5, 0.6) is 5.75 Å². The number of fused-ring (bicyclic) bond motifs is 1. The van der Waals surface area contributed by atoms with Crippen molar-refractivity contribution in [1.29, 1.82) is 0 Å². The maximum absolute atomic E-state index is 12.4. The fourth-order valence-electron chi connectivity index (χ4n) is 2.90. The lowest BCUT2D eigenvalue weighted by Gasteiger charge is -2.29. The second-order valence-electron chi connectivity index (χ2n) is 5.54. The minimum absolute atomic E-state index is 0.0868. The molecule has 0 radical (unpaired) electrons. The van der Waals surface area contributed by atoms with Gasteiger partial charge in [-0.05, 0) is 36.6 Å². The Balaban J connectivity index is 1.81. The molecule has 1 aliphatic carbocycles. The van der Waals surface area contributed by atoms with Crippen molar-refractivity contribution in [2.45, 2.75) is 49.1 Å². The minimum atomic E-state index is -3.50. The number of ether oxygens (including phenoxy) is 1. The zero-order chi connectivity index (χ0) is 14.2. The molecule has 1 aromatic carbocycles. The Morgan fingerprint density at radius 2 is 2.05 bits per heavy atom. The third kappa shape index (κ3) is 2.68. The molecular weight excluding hydrogens is 276 g/mol. The Hall–Kier alpha value is -1.11. The first kappa shape index (κ1) is 13.9. The number of hydrogen-bond acceptors (Lipinski definition) is 4. The van der Waals surface area contributed by atoms with Gasteiger partial charge in [0.15, 0.2) is 0 Å². The van der Waals surface area contributed by atoms with E-state index < -0.39 is 10.0 Å². The summed E-state index contributed by atoms with van der Waals surface area (Å²) < 4.78 is 33.0.